The Labute approximate surface area is 274 Å². The van der Waals surface area contributed by atoms with Gasteiger partial charge < -0.3 is 46.3 Å². The highest BCUT2D eigenvalue weighted by molar-refractivity contribution is 5.96. The Morgan fingerprint density at radius 1 is 0.812 bits per heavy atom. The van der Waals surface area contributed by atoms with Crippen LogP contribution in [0.3, 0.4) is 0 Å². The topological polar surface area (TPSA) is 271 Å². The van der Waals surface area contributed by atoms with E-state index in [1.165, 1.54) is 13.0 Å². The smallest absolute Gasteiger partial charge is 0.341 e. The molecule has 2 rings (SSSR count). The first-order valence-electron chi connectivity index (χ1n) is 15.1. The van der Waals surface area contributed by atoms with Crippen molar-refractivity contribution >= 4 is 52.4 Å². The van der Waals surface area contributed by atoms with Crippen molar-refractivity contribution in [1.29, 1.82) is 0 Å². The van der Waals surface area contributed by atoms with Crippen LogP contribution < -0.4 is 32.2 Å². The van der Waals surface area contributed by atoms with Gasteiger partial charge in [0.05, 0.1) is 24.6 Å². The molecule has 0 unspecified atom stereocenters. The van der Waals surface area contributed by atoms with Crippen LogP contribution in [0.5, 0.6) is 0 Å². The van der Waals surface area contributed by atoms with Gasteiger partial charge in [0.1, 0.15) is 29.8 Å². The molecule has 17 nitrogen and oxygen atoms in total. The predicted molar refractivity (Wildman–Crippen MR) is 168 cm³/mol. The lowest BCUT2D eigenvalue weighted by molar-refractivity contribution is -0.142. The van der Waals surface area contributed by atoms with Gasteiger partial charge in [-0.25, -0.2) is 4.79 Å². The first-order chi connectivity index (χ1) is 22.5. The number of carboxylic acid groups (broad SMARTS) is 2. The van der Waals surface area contributed by atoms with Gasteiger partial charge in [0.2, 0.25) is 29.5 Å². The molecule has 1 aromatic carbocycles. The SMILES string of the molecule is CC[C@H](C)[C@H](NC(C)=O)C(=O)N[C@@H](CCC(=O)O)C(=O)N[C@H](C(=O)N[C@@H](CC(=O)O)C(=O)NCc1cc2ccccc2oc1=O)[C@@H](C)O. The Balaban J connectivity index is 2.22. The monoisotopic (exact) mass is 675 g/mol. The average molecular weight is 676 g/mol. The van der Waals surface area contributed by atoms with E-state index in [0.29, 0.717) is 17.4 Å². The van der Waals surface area contributed by atoms with Crippen LogP contribution in [0, 0.1) is 5.92 Å². The number of fused-ring (bicyclic) bond motifs is 1. The summed E-state index contributed by atoms with van der Waals surface area (Å²) in [6, 6.07) is 1.98. The molecule has 0 bridgehead atoms. The fourth-order valence-electron chi connectivity index (χ4n) is 4.56. The molecule has 0 saturated carbocycles. The van der Waals surface area contributed by atoms with Crippen molar-refractivity contribution in [2.75, 3.05) is 0 Å². The third-order valence-electron chi connectivity index (χ3n) is 7.38. The summed E-state index contributed by atoms with van der Waals surface area (Å²) in [6.07, 6.45) is -3.07. The number of benzene rings is 1. The summed E-state index contributed by atoms with van der Waals surface area (Å²) in [5.74, 6) is -7.71. The normalized spacial score (nSPS) is 14.7. The fourth-order valence-corrected chi connectivity index (χ4v) is 4.56. The van der Waals surface area contributed by atoms with Gasteiger partial charge >= 0.3 is 17.6 Å². The van der Waals surface area contributed by atoms with E-state index >= 15 is 0 Å². The molecule has 0 aliphatic rings. The molecular weight excluding hydrogens is 634 g/mol. The van der Waals surface area contributed by atoms with Crippen LogP contribution in [0.15, 0.2) is 39.5 Å². The van der Waals surface area contributed by atoms with Crippen LogP contribution in [0.2, 0.25) is 0 Å². The van der Waals surface area contributed by atoms with Crippen molar-refractivity contribution in [3.63, 3.8) is 0 Å². The van der Waals surface area contributed by atoms with Gasteiger partial charge in [-0.15, -0.1) is 0 Å². The molecule has 0 aliphatic heterocycles. The summed E-state index contributed by atoms with van der Waals surface area (Å²) < 4.78 is 5.21. The highest BCUT2D eigenvalue weighted by Crippen LogP contribution is 2.13. The van der Waals surface area contributed by atoms with Crippen molar-refractivity contribution in [1.82, 2.24) is 26.6 Å². The number of aliphatic hydroxyl groups is 1. The van der Waals surface area contributed by atoms with Crippen LogP contribution in [0.1, 0.15) is 58.9 Å². The number of aliphatic carboxylic acids is 2. The summed E-state index contributed by atoms with van der Waals surface area (Å²) >= 11 is 0. The highest BCUT2D eigenvalue weighted by Gasteiger charge is 2.34. The lowest BCUT2D eigenvalue weighted by Crippen LogP contribution is -2.61. The maximum atomic E-state index is 13.3. The minimum atomic E-state index is -1.79. The second-order valence-corrected chi connectivity index (χ2v) is 11.3. The molecule has 48 heavy (non-hydrogen) atoms. The summed E-state index contributed by atoms with van der Waals surface area (Å²) in [4.78, 5) is 99.3. The minimum Gasteiger partial charge on any atom is -0.481 e. The molecule has 5 amide bonds. The number of rotatable bonds is 18. The van der Waals surface area contributed by atoms with Crippen LogP contribution in [-0.2, 0) is 40.1 Å². The van der Waals surface area contributed by atoms with Crippen LogP contribution >= 0.6 is 0 Å². The van der Waals surface area contributed by atoms with E-state index in [-0.39, 0.29) is 18.0 Å². The molecule has 0 fully saturated rings. The van der Waals surface area contributed by atoms with E-state index in [0.717, 1.165) is 6.92 Å². The zero-order chi connectivity index (χ0) is 36.1. The maximum absolute atomic E-state index is 13.3. The summed E-state index contributed by atoms with van der Waals surface area (Å²) in [6.45, 7) is 5.39. The van der Waals surface area contributed by atoms with E-state index in [2.05, 4.69) is 26.6 Å². The summed E-state index contributed by atoms with van der Waals surface area (Å²) in [5.41, 5.74) is -0.394. The van der Waals surface area contributed by atoms with E-state index in [9.17, 15) is 53.7 Å². The van der Waals surface area contributed by atoms with Gasteiger partial charge in [-0.05, 0) is 31.4 Å². The standard InChI is InChI=1S/C31H41N5O12/c1-5-15(2)25(33-17(4)38)29(45)34-20(10-11-23(39)40)28(44)36-26(16(3)37)30(46)35-21(13-24(41)42)27(43)32-14-19-12-18-8-6-7-9-22(18)48-31(19)47/h6-9,12,15-16,20-21,25-26,37H,5,10-11,13-14H2,1-4H3,(H,32,43)(H,33,38)(H,34,45)(H,35,46)(H,36,44)(H,39,40)(H,41,42)/t15-,16+,20-,21-,25-,26-/m0/s1. The lowest BCUT2D eigenvalue weighted by atomic mass is 9.97. The Hall–Kier alpha value is -5.32. The lowest BCUT2D eigenvalue weighted by Gasteiger charge is -2.28. The molecule has 2 aromatic rings. The number of amides is 5. The Kier molecular flexibility index (Phi) is 14.7. The number of para-hydroxylation sites is 1. The van der Waals surface area contributed by atoms with E-state index in [4.69, 9.17) is 4.42 Å². The molecule has 0 spiro atoms. The van der Waals surface area contributed by atoms with Crippen molar-refractivity contribution in [3.05, 3.63) is 46.3 Å². The number of hydrogen-bond donors (Lipinski definition) is 8. The van der Waals surface area contributed by atoms with Gasteiger partial charge in [-0.1, -0.05) is 38.5 Å². The molecule has 1 heterocycles. The molecular formula is C31H41N5O12. The summed E-state index contributed by atoms with van der Waals surface area (Å²) in [5, 5.41) is 41.1. The van der Waals surface area contributed by atoms with Gasteiger partial charge in [0.15, 0.2) is 0 Å². The average Bonchev–Trinajstić information content (AvgIpc) is 3.01. The molecule has 17 heteroatoms. The largest absolute Gasteiger partial charge is 0.481 e. The van der Waals surface area contributed by atoms with E-state index < -0.39 is 96.6 Å². The minimum absolute atomic E-state index is 0.0418. The number of carbonyl (C=O) groups is 7. The molecule has 1 aromatic heterocycles. The second-order valence-electron chi connectivity index (χ2n) is 11.3. The zero-order valence-corrected chi connectivity index (χ0v) is 26.9. The number of nitrogens with one attached hydrogen (secondary N) is 5. The third-order valence-corrected chi connectivity index (χ3v) is 7.38. The van der Waals surface area contributed by atoms with Crippen LogP contribution in [0.4, 0.5) is 0 Å². The fraction of sp³-hybridized carbons (Fsp3) is 0.484. The van der Waals surface area contributed by atoms with Gasteiger partial charge in [-0.2, -0.15) is 0 Å². The quantitative estimate of drug-likeness (QED) is 0.0897. The third kappa shape index (κ3) is 11.8. The number of carboxylic acids is 2. The molecule has 0 radical (unpaired) electrons. The predicted octanol–water partition coefficient (Wildman–Crippen LogP) is -0.865. The highest BCUT2D eigenvalue weighted by atomic mass is 16.4. The summed E-state index contributed by atoms with van der Waals surface area (Å²) in [7, 11) is 0. The van der Waals surface area contributed by atoms with Crippen LogP contribution in [-0.4, -0.2) is 87.1 Å². The first kappa shape index (κ1) is 38.9. The Morgan fingerprint density at radius 2 is 1.44 bits per heavy atom. The van der Waals surface area contributed by atoms with Crippen LogP contribution in [0.25, 0.3) is 11.0 Å². The first-order valence-corrected chi connectivity index (χ1v) is 15.1. The number of hydrogen-bond acceptors (Lipinski definition) is 10. The van der Waals surface area contributed by atoms with E-state index in [1.807, 2.05) is 0 Å². The Morgan fingerprint density at radius 3 is 2.02 bits per heavy atom. The van der Waals surface area contributed by atoms with Crippen molar-refractivity contribution in [3.8, 4) is 0 Å². The zero-order valence-electron chi connectivity index (χ0n) is 26.9. The molecule has 0 saturated heterocycles. The maximum Gasteiger partial charge on any atom is 0.341 e. The second kappa shape index (κ2) is 18.1. The van der Waals surface area contributed by atoms with Crippen molar-refractivity contribution in [2.24, 2.45) is 5.92 Å². The van der Waals surface area contributed by atoms with Crippen molar-refractivity contribution < 1.29 is 53.3 Å². The van der Waals surface area contributed by atoms with E-state index in [1.54, 1.807) is 38.1 Å². The molecule has 6 atom stereocenters. The number of carbonyl (C=O) groups excluding carboxylic acids is 5. The Bertz CT molecular complexity index is 1570. The number of aliphatic hydroxyl groups excluding tert-OH is 1. The molecule has 8 N–H and O–H groups in total. The molecule has 262 valence electrons. The molecule has 0 aliphatic carbocycles. The van der Waals surface area contributed by atoms with Gasteiger partial charge in [-0.3, -0.25) is 33.6 Å². The van der Waals surface area contributed by atoms with Gasteiger partial charge in [0.25, 0.3) is 0 Å². The van der Waals surface area contributed by atoms with Gasteiger partial charge in [0, 0.05) is 18.7 Å². The van der Waals surface area contributed by atoms with Crippen molar-refractivity contribution in [2.45, 2.75) is 90.2 Å².